The minimum atomic E-state index is -0.508. The first kappa shape index (κ1) is 26.0. The van der Waals surface area contributed by atoms with Crippen LogP contribution in [0.5, 0.6) is 17.2 Å². The lowest BCUT2D eigenvalue weighted by atomic mass is 10.1. The molecule has 4 aromatic rings. The average Bonchev–Trinajstić information content (AvgIpc) is 2.96. The third-order valence-corrected chi connectivity index (χ3v) is 6.01. The van der Waals surface area contributed by atoms with Crippen LogP contribution in [0.15, 0.2) is 73.1 Å². The molecular weight excluding hydrogens is 504 g/mol. The third kappa shape index (κ3) is 6.64. The number of carbonyl (C=O) groups is 1. The smallest absolute Gasteiger partial charge is 0.311 e. The molecule has 1 unspecified atom stereocenters. The maximum atomic E-state index is 12.5. The van der Waals surface area contributed by atoms with Gasteiger partial charge in [0.25, 0.3) is 5.91 Å². The molecule has 1 fully saturated rings. The van der Waals surface area contributed by atoms with Crippen LogP contribution in [0.4, 0.5) is 11.5 Å². The zero-order valence-electron chi connectivity index (χ0n) is 20.9. The van der Waals surface area contributed by atoms with E-state index in [0.717, 1.165) is 19.3 Å². The van der Waals surface area contributed by atoms with Crippen molar-refractivity contribution in [3.63, 3.8) is 0 Å². The number of carbonyl (C=O) groups excluding carboxylic acids is 1. The van der Waals surface area contributed by atoms with Crippen LogP contribution in [0.3, 0.4) is 0 Å². The van der Waals surface area contributed by atoms with E-state index in [1.165, 1.54) is 12.1 Å². The molecule has 2 aromatic carbocycles. The molecule has 0 bridgehead atoms. The van der Waals surface area contributed by atoms with Crippen LogP contribution in [0, 0.1) is 10.1 Å². The molecule has 39 heavy (non-hydrogen) atoms. The highest BCUT2D eigenvalue weighted by atomic mass is 16.7. The fourth-order valence-corrected chi connectivity index (χ4v) is 4.08. The number of hydrogen-bond donors (Lipinski definition) is 1. The van der Waals surface area contributed by atoms with Crippen molar-refractivity contribution in [1.82, 2.24) is 9.97 Å². The van der Waals surface area contributed by atoms with Crippen molar-refractivity contribution < 1.29 is 28.7 Å². The van der Waals surface area contributed by atoms with Crippen molar-refractivity contribution in [2.45, 2.75) is 25.6 Å². The Morgan fingerprint density at radius 1 is 1.03 bits per heavy atom. The molecule has 2 aromatic heterocycles. The summed E-state index contributed by atoms with van der Waals surface area (Å²) in [6.45, 7) is 1.04. The van der Waals surface area contributed by atoms with E-state index >= 15 is 0 Å². The Bertz CT molecular complexity index is 1440. The maximum absolute atomic E-state index is 12.5. The van der Waals surface area contributed by atoms with Crippen molar-refractivity contribution in [1.29, 1.82) is 0 Å². The van der Waals surface area contributed by atoms with E-state index in [4.69, 9.17) is 18.9 Å². The summed E-state index contributed by atoms with van der Waals surface area (Å²) >= 11 is 0. The average molecular weight is 531 g/mol. The molecule has 1 atom stereocenters. The molecule has 0 aliphatic carbocycles. The number of nitrogens with one attached hydrogen (secondary N) is 1. The summed E-state index contributed by atoms with van der Waals surface area (Å²) in [5, 5.41) is 15.0. The monoisotopic (exact) mass is 530 g/mol. The highest BCUT2D eigenvalue weighted by Gasteiger charge is 2.20. The highest BCUT2D eigenvalue weighted by molar-refractivity contribution is 6.03. The predicted molar refractivity (Wildman–Crippen MR) is 142 cm³/mol. The number of fused-ring (bicyclic) bond motifs is 1. The Hall–Kier alpha value is -4.61. The standard InChI is InChI=1S/C28H26N4O7/c33-28(31-26-5-1-3-12-30-26)19-7-9-20(10-8-19)39-24-11-13-29-22-18-25(23(32(34)35)17-21(22)24)36-15-16-38-27-6-2-4-14-37-27/h1,3,5,7-13,17-18,27H,2,4,6,14-16H2,(H,30,31,33). The van der Waals surface area contributed by atoms with E-state index in [1.807, 2.05) is 0 Å². The molecule has 1 amide bonds. The Labute approximate surface area is 223 Å². The first-order valence-electron chi connectivity index (χ1n) is 12.5. The number of benzene rings is 2. The number of amides is 1. The minimum Gasteiger partial charge on any atom is -0.484 e. The second kappa shape index (κ2) is 12.3. The van der Waals surface area contributed by atoms with Gasteiger partial charge in [0.05, 0.1) is 22.4 Å². The molecule has 3 heterocycles. The van der Waals surface area contributed by atoms with Gasteiger partial charge in [-0.15, -0.1) is 0 Å². The summed E-state index contributed by atoms with van der Waals surface area (Å²) < 4.78 is 22.9. The second-order valence-electron chi connectivity index (χ2n) is 8.71. The Morgan fingerprint density at radius 3 is 2.64 bits per heavy atom. The predicted octanol–water partition coefficient (Wildman–Crippen LogP) is 5.50. The number of pyridine rings is 2. The first-order valence-corrected chi connectivity index (χ1v) is 12.5. The van der Waals surface area contributed by atoms with Crippen LogP contribution in [0.1, 0.15) is 29.6 Å². The van der Waals surface area contributed by atoms with Crippen LogP contribution < -0.4 is 14.8 Å². The van der Waals surface area contributed by atoms with Gasteiger partial charge in [-0.25, -0.2) is 4.98 Å². The molecule has 1 aliphatic heterocycles. The summed E-state index contributed by atoms with van der Waals surface area (Å²) in [7, 11) is 0. The number of ether oxygens (including phenoxy) is 4. The van der Waals surface area contributed by atoms with Gasteiger partial charge in [-0.3, -0.25) is 19.9 Å². The first-order chi connectivity index (χ1) is 19.1. The summed E-state index contributed by atoms with van der Waals surface area (Å²) in [5.41, 5.74) is 0.677. The molecule has 1 saturated heterocycles. The molecule has 1 aliphatic rings. The largest absolute Gasteiger partial charge is 0.484 e. The van der Waals surface area contributed by atoms with Crippen molar-refractivity contribution in [3.8, 4) is 17.2 Å². The Morgan fingerprint density at radius 2 is 1.90 bits per heavy atom. The topological polar surface area (TPSA) is 135 Å². The minimum absolute atomic E-state index is 0.0913. The summed E-state index contributed by atoms with van der Waals surface area (Å²) in [4.78, 5) is 32.2. The quantitative estimate of drug-likeness (QED) is 0.160. The number of rotatable bonds is 10. The van der Waals surface area contributed by atoms with Crippen molar-refractivity contribution >= 4 is 28.3 Å². The van der Waals surface area contributed by atoms with E-state index in [9.17, 15) is 14.9 Å². The van der Waals surface area contributed by atoms with Gasteiger partial charge in [0.15, 0.2) is 12.0 Å². The van der Waals surface area contributed by atoms with Crippen molar-refractivity contribution in [3.05, 3.63) is 88.7 Å². The number of nitro groups is 1. The van der Waals surface area contributed by atoms with Crippen molar-refractivity contribution in [2.75, 3.05) is 25.1 Å². The van der Waals surface area contributed by atoms with Gasteiger partial charge in [-0.05, 0) is 61.7 Å². The molecule has 0 saturated carbocycles. The van der Waals surface area contributed by atoms with E-state index < -0.39 is 4.92 Å². The maximum Gasteiger partial charge on any atom is 0.311 e. The fourth-order valence-electron chi connectivity index (χ4n) is 4.08. The van der Waals surface area contributed by atoms with Gasteiger partial charge in [0.2, 0.25) is 0 Å². The lowest BCUT2D eigenvalue weighted by molar-refractivity contribution is -0.385. The molecule has 1 N–H and O–H groups in total. The number of aromatic nitrogens is 2. The van der Waals surface area contributed by atoms with Gasteiger partial charge in [0.1, 0.15) is 23.9 Å². The lowest BCUT2D eigenvalue weighted by Crippen LogP contribution is -2.24. The summed E-state index contributed by atoms with van der Waals surface area (Å²) in [5.74, 6) is 1.05. The van der Waals surface area contributed by atoms with Crippen LogP contribution >= 0.6 is 0 Å². The highest BCUT2D eigenvalue weighted by Crippen LogP contribution is 2.37. The zero-order valence-corrected chi connectivity index (χ0v) is 20.9. The number of nitrogens with zero attached hydrogens (tertiary/aromatic N) is 3. The van der Waals surface area contributed by atoms with Gasteiger partial charge in [-0.1, -0.05) is 6.07 Å². The molecule has 11 heteroatoms. The van der Waals surface area contributed by atoms with E-state index in [-0.39, 0.29) is 36.8 Å². The molecule has 0 radical (unpaired) electrons. The van der Waals surface area contributed by atoms with Gasteiger partial charge in [-0.2, -0.15) is 0 Å². The van der Waals surface area contributed by atoms with Crippen molar-refractivity contribution in [2.24, 2.45) is 0 Å². The number of hydrogen-bond acceptors (Lipinski definition) is 9. The van der Waals surface area contributed by atoms with Gasteiger partial charge in [0, 0.05) is 36.7 Å². The van der Waals surface area contributed by atoms with E-state index in [2.05, 4.69) is 15.3 Å². The normalized spacial score (nSPS) is 15.0. The van der Waals surface area contributed by atoms with E-state index in [1.54, 1.807) is 60.9 Å². The second-order valence-corrected chi connectivity index (χ2v) is 8.71. The number of anilines is 1. The molecule has 11 nitrogen and oxygen atoms in total. The SMILES string of the molecule is O=C(Nc1ccccn1)c1ccc(Oc2ccnc3cc(OCCOC4CCCCO4)c([N+](=O)[O-])cc23)cc1. The van der Waals surface area contributed by atoms with Crippen LogP contribution in [0.2, 0.25) is 0 Å². The van der Waals surface area contributed by atoms with Crippen LogP contribution in [0.25, 0.3) is 10.9 Å². The molecule has 0 spiro atoms. The van der Waals surface area contributed by atoms with Gasteiger partial charge >= 0.3 is 5.69 Å². The van der Waals surface area contributed by atoms with Crippen LogP contribution in [-0.4, -0.2) is 46.9 Å². The zero-order chi connectivity index (χ0) is 27.0. The molecule has 5 rings (SSSR count). The lowest BCUT2D eigenvalue weighted by Gasteiger charge is -2.22. The van der Waals surface area contributed by atoms with Crippen LogP contribution in [-0.2, 0) is 9.47 Å². The Balaban J connectivity index is 1.28. The fraction of sp³-hybridized carbons (Fsp3) is 0.250. The van der Waals surface area contributed by atoms with Gasteiger partial charge < -0.3 is 24.3 Å². The molecule has 200 valence electrons. The third-order valence-electron chi connectivity index (χ3n) is 6.01. The number of nitro benzene ring substituents is 1. The molecular formula is C28H26N4O7. The van der Waals surface area contributed by atoms with E-state index in [0.29, 0.717) is 40.4 Å². The summed E-state index contributed by atoms with van der Waals surface area (Å²) in [6.07, 6.45) is 5.76. The summed E-state index contributed by atoms with van der Waals surface area (Å²) in [6, 6.07) is 16.3. The Kier molecular flexibility index (Phi) is 8.20.